The van der Waals surface area contributed by atoms with Crippen molar-refractivity contribution >= 4 is 7.81 Å². The molecule has 0 atom stereocenters. The van der Waals surface area contributed by atoms with Crippen molar-refractivity contribution in [3.8, 4) is 0 Å². The van der Waals surface area contributed by atoms with Crippen LogP contribution in [-0.4, -0.2) is 0 Å². The number of hydrogen-bond donors (Lipinski definition) is 0. The van der Waals surface area contributed by atoms with Gasteiger partial charge in [0.2, 0.25) is 0 Å². The molecule has 0 unspecified atom stereocenters. The molecule has 0 saturated heterocycles. The molecule has 0 radical (unpaired) electrons. The Hall–Kier alpha value is -1.55. The maximum atomic E-state index is 9.87. The molecule has 0 aliphatic heterocycles. The molecular weight excluding hydrogens is 361 g/mol. The molecule has 0 saturated carbocycles. The van der Waals surface area contributed by atoms with Gasteiger partial charge in [-0.15, -0.1) is 0 Å². The van der Waals surface area contributed by atoms with Gasteiger partial charge in [-0.25, -0.2) is 0 Å². The third-order valence-electron chi connectivity index (χ3n) is 3.20. The first-order chi connectivity index (χ1) is 11.1. The summed E-state index contributed by atoms with van der Waals surface area (Å²) in [5.74, 6) is 0.730. The molecule has 0 fully saturated rings. The van der Waals surface area contributed by atoms with Crippen LogP contribution in [0.4, 0.5) is 25.2 Å². The van der Waals surface area contributed by atoms with E-state index in [9.17, 15) is 25.2 Å². The molecular formula is C18H22F6P-. The average Bonchev–Trinajstić information content (AvgIpc) is 2.39. The monoisotopic (exact) mass is 383 g/mol. The molecule has 2 aromatic rings. The van der Waals surface area contributed by atoms with E-state index >= 15 is 0 Å². The van der Waals surface area contributed by atoms with E-state index in [0.717, 1.165) is 12.3 Å². The SMILES string of the molecule is Cc1ccc(Cc2ccc(CC(C)C)cc2)cc1.F[P-](F)(F)(F)(F)F. The fraction of sp³-hybridized carbons (Fsp3) is 0.333. The fourth-order valence-corrected chi connectivity index (χ4v) is 2.21. The zero-order chi connectivity index (χ0) is 19.4. The quantitative estimate of drug-likeness (QED) is 0.369. The molecule has 0 nitrogen and oxygen atoms in total. The molecule has 0 amide bonds. The molecule has 0 aliphatic carbocycles. The van der Waals surface area contributed by atoms with Gasteiger partial charge in [0, 0.05) is 0 Å². The standard InChI is InChI=1S/C18H22.F6P/c1-14(2)12-16-8-10-18(11-9-16)13-17-6-4-15(3)5-7-17;1-7(2,3,4,5)6/h4-11,14H,12-13H2,1-3H3;/q;-1. The Kier molecular flexibility index (Phi) is 6.01. The summed E-state index contributed by atoms with van der Waals surface area (Å²) in [6.07, 6.45) is 2.20. The van der Waals surface area contributed by atoms with E-state index in [0.29, 0.717) is 0 Å². The van der Waals surface area contributed by atoms with E-state index in [1.807, 2.05) is 0 Å². The van der Waals surface area contributed by atoms with E-state index in [2.05, 4.69) is 69.3 Å². The van der Waals surface area contributed by atoms with Crippen LogP contribution in [0.5, 0.6) is 0 Å². The van der Waals surface area contributed by atoms with Gasteiger partial charge >= 0.3 is 33.0 Å². The van der Waals surface area contributed by atoms with Gasteiger partial charge < -0.3 is 0 Å². The molecule has 0 aromatic heterocycles. The summed E-state index contributed by atoms with van der Waals surface area (Å²) in [5, 5.41) is 0. The molecule has 0 spiro atoms. The molecule has 0 bridgehead atoms. The maximum absolute atomic E-state index is 10.7. The van der Waals surface area contributed by atoms with Crippen molar-refractivity contribution in [1.29, 1.82) is 0 Å². The van der Waals surface area contributed by atoms with Crippen LogP contribution in [0.25, 0.3) is 0 Å². The van der Waals surface area contributed by atoms with Gasteiger partial charge in [0.1, 0.15) is 0 Å². The van der Waals surface area contributed by atoms with Crippen LogP contribution in [0.2, 0.25) is 0 Å². The Morgan fingerprint density at radius 1 is 0.680 bits per heavy atom. The van der Waals surface area contributed by atoms with Crippen LogP contribution < -0.4 is 0 Å². The summed E-state index contributed by atoms with van der Waals surface area (Å²) in [4.78, 5) is 0. The van der Waals surface area contributed by atoms with Gasteiger partial charge in [-0.2, -0.15) is 0 Å². The van der Waals surface area contributed by atoms with Crippen molar-refractivity contribution in [3.05, 3.63) is 70.8 Å². The predicted molar refractivity (Wildman–Crippen MR) is 92.5 cm³/mol. The molecule has 0 N–H and O–H groups in total. The zero-order valence-electron chi connectivity index (χ0n) is 14.3. The van der Waals surface area contributed by atoms with Crippen molar-refractivity contribution in [3.63, 3.8) is 0 Å². The van der Waals surface area contributed by atoms with Gasteiger partial charge in [-0.05, 0) is 42.4 Å². The van der Waals surface area contributed by atoms with E-state index in [1.165, 1.54) is 28.7 Å². The normalized spacial score (nSPS) is 14.3. The van der Waals surface area contributed by atoms with Crippen LogP contribution in [0.3, 0.4) is 0 Å². The van der Waals surface area contributed by atoms with Gasteiger partial charge in [0.15, 0.2) is 0 Å². The second kappa shape index (κ2) is 6.99. The molecule has 0 aliphatic rings. The summed E-state index contributed by atoms with van der Waals surface area (Å²) in [6.45, 7) is 6.66. The number of hydrogen-bond acceptors (Lipinski definition) is 0. The average molecular weight is 383 g/mol. The number of rotatable bonds is 4. The van der Waals surface area contributed by atoms with Gasteiger partial charge in [0.25, 0.3) is 0 Å². The molecule has 0 heterocycles. The summed E-state index contributed by atoms with van der Waals surface area (Å²) in [7, 11) is -10.7. The second-order valence-electron chi connectivity index (χ2n) is 6.54. The Labute approximate surface area is 144 Å². The summed E-state index contributed by atoms with van der Waals surface area (Å²) in [5.41, 5.74) is 5.55. The topological polar surface area (TPSA) is 0 Å². The Balaban J connectivity index is 0.000000381. The van der Waals surface area contributed by atoms with Gasteiger partial charge in [-0.3, -0.25) is 0 Å². The molecule has 2 rings (SSSR count). The Morgan fingerprint density at radius 2 is 1.00 bits per heavy atom. The van der Waals surface area contributed by atoms with Crippen LogP contribution in [0.1, 0.15) is 36.1 Å². The van der Waals surface area contributed by atoms with Crippen LogP contribution in [0, 0.1) is 12.8 Å². The minimum absolute atomic E-state index is 0.730. The van der Waals surface area contributed by atoms with Crippen molar-refractivity contribution in [2.45, 2.75) is 33.6 Å². The fourth-order valence-electron chi connectivity index (χ4n) is 2.21. The number of aryl methyl sites for hydroxylation is 1. The third kappa shape index (κ3) is 13.4. The summed E-state index contributed by atoms with van der Waals surface area (Å²) < 4.78 is 59.2. The third-order valence-corrected chi connectivity index (χ3v) is 3.20. The van der Waals surface area contributed by atoms with Crippen molar-refractivity contribution in [2.24, 2.45) is 5.92 Å². The molecule has 142 valence electrons. The van der Waals surface area contributed by atoms with Crippen molar-refractivity contribution < 1.29 is 25.2 Å². The minimum atomic E-state index is -10.7. The van der Waals surface area contributed by atoms with E-state index in [-0.39, 0.29) is 0 Å². The van der Waals surface area contributed by atoms with Gasteiger partial charge in [0.05, 0.1) is 0 Å². The molecule has 7 heteroatoms. The first-order valence-electron chi connectivity index (χ1n) is 7.78. The van der Waals surface area contributed by atoms with Crippen LogP contribution in [0.15, 0.2) is 48.5 Å². The van der Waals surface area contributed by atoms with Crippen LogP contribution in [-0.2, 0) is 12.8 Å². The first-order valence-corrected chi connectivity index (χ1v) is 9.81. The Morgan fingerprint density at radius 3 is 1.36 bits per heavy atom. The number of halogens is 6. The zero-order valence-corrected chi connectivity index (χ0v) is 15.2. The van der Waals surface area contributed by atoms with Crippen molar-refractivity contribution in [2.75, 3.05) is 0 Å². The van der Waals surface area contributed by atoms with E-state index in [4.69, 9.17) is 0 Å². The predicted octanol–water partition coefficient (Wildman–Crippen LogP) is 8.17. The van der Waals surface area contributed by atoms with E-state index < -0.39 is 7.81 Å². The summed E-state index contributed by atoms with van der Waals surface area (Å²) >= 11 is 0. The van der Waals surface area contributed by atoms with Crippen LogP contribution >= 0.6 is 7.81 Å². The second-order valence-corrected chi connectivity index (χ2v) is 8.45. The van der Waals surface area contributed by atoms with Crippen molar-refractivity contribution in [1.82, 2.24) is 0 Å². The number of benzene rings is 2. The Bertz CT molecular complexity index is 659. The summed E-state index contributed by atoms with van der Waals surface area (Å²) in [6, 6.07) is 17.9. The van der Waals surface area contributed by atoms with E-state index in [1.54, 1.807) is 0 Å². The molecule has 2 aromatic carbocycles. The molecule has 25 heavy (non-hydrogen) atoms. The first kappa shape index (κ1) is 21.5. The van der Waals surface area contributed by atoms with Gasteiger partial charge in [-0.1, -0.05) is 67.9 Å².